The second-order valence-corrected chi connectivity index (χ2v) is 4.27. The molecular formula is C13H16FNO3. The maximum Gasteiger partial charge on any atom is 0.211 e. The van der Waals surface area contributed by atoms with Gasteiger partial charge < -0.3 is 14.8 Å². The van der Waals surface area contributed by atoms with Gasteiger partial charge in [-0.25, -0.2) is 4.39 Å². The second-order valence-electron chi connectivity index (χ2n) is 4.27. The number of hydrogen-bond donors (Lipinski definition) is 1. The Hall–Kier alpha value is -1.62. The summed E-state index contributed by atoms with van der Waals surface area (Å²) in [7, 11) is 0. The third-order valence-electron chi connectivity index (χ3n) is 2.97. The van der Waals surface area contributed by atoms with Crippen LogP contribution < -0.4 is 10.1 Å². The molecule has 1 aliphatic rings. The largest absolute Gasteiger partial charge is 0.490 e. The van der Waals surface area contributed by atoms with Crippen molar-refractivity contribution in [3.05, 3.63) is 24.0 Å². The molecule has 0 unspecified atom stereocenters. The summed E-state index contributed by atoms with van der Waals surface area (Å²) in [5, 5.41) is 2.39. The van der Waals surface area contributed by atoms with Gasteiger partial charge in [0.05, 0.1) is 6.61 Å². The Balaban J connectivity index is 1.90. The topological polar surface area (TPSA) is 47.6 Å². The third-order valence-corrected chi connectivity index (χ3v) is 2.97. The predicted octanol–water partition coefficient (Wildman–Crippen LogP) is 2.20. The molecule has 0 bridgehead atoms. The minimum absolute atomic E-state index is 0.220. The average Bonchev–Trinajstić information content (AvgIpc) is 2.39. The van der Waals surface area contributed by atoms with Gasteiger partial charge in [0.15, 0.2) is 11.6 Å². The highest BCUT2D eigenvalue weighted by Crippen LogP contribution is 2.23. The summed E-state index contributed by atoms with van der Waals surface area (Å²) in [6, 6.07) is 4.38. The highest BCUT2D eigenvalue weighted by molar-refractivity contribution is 5.71. The summed E-state index contributed by atoms with van der Waals surface area (Å²) >= 11 is 0. The second kappa shape index (κ2) is 6.35. The van der Waals surface area contributed by atoms with Crippen LogP contribution in [-0.4, -0.2) is 26.2 Å². The van der Waals surface area contributed by atoms with Crippen LogP contribution in [0.5, 0.6) is 5.75 Å². The fourth-order valence-corrected chi connectivity index (χ4v) is 1.90. The van der Waals surface area contributed by atoms with Crippen LogP contribution >= 0.6 is 0 Å². The van der Waals surface area contributed by atoms with E-state index in [4.69, 9.17) is 9.47 Å². The maximum atomic E-state index is 13.6. The van der Waals surface area contributed by atoms with Gasteiger partial charge in [-0.05, 0) is 30.9 Å². The van der Waals surface area contributed by atoms with E-state index in [1.165, 1.54) is 12.1 Å². The van der Waals surface area contributed by atoms with E-state index >= 15 is 0 Å². The molecule has 0 saturated carbocycles. The Kier molecular flexibility index (Phi) is 4.52. The fraction of sp³-hybridized carbons (Fsp3) is 0.462. The third kappa shape index (κ3) is 3.43. The zero-order valence-corrected chi connectivity index (χ0v) is 10.0. The van der Waals surface area contributed by atoms with Crippen molar-refractivity contribution in [2.45, 2.75) is 12.8 Å². The SMILES string of the molecule is O=CNc1ccc(OCC2CCOCC2)c(F)c1. The Labute approximate surface area is 105 Å². The molecule has 1 aliphatic heterocycles. The van der Waals surface area contributed by atoms with Gasteiger partial charge in [-0.1, -0.05) is 0 Å². The van der Waals surface area contributed by atoms with Crippen LogP contribution in [-0.2, 0) is 9.53 Å². The van der Waals surface area contributed by atoms with Gasteiger partial charge in [0.1, 0.15) is 0 Å². The maximum absolute atomic E-state index is 13.6. The molecule has 4 nitrogen and oxygen atoms in total. The number of carbonyl (C=O) groups excluding carboxylic acids is 1. The van der Waals surface area contributed by atoms with Gasteiger partial charge in [-0.3, -0.25) is 4.79 Å². The van der Waals surface area contributed by atoms with Gasteiger partial charge in [-0.15, -0.1) is 0 Å². The molecule has 1 amide bonds. The monoisotopic (exact) mass is 253 g/mol. The first kappa shape index (κ1) is 12.8. The summed E-state index contributed by atoms with van der Waals surface area (Å²) in [5.74, 6) is 0.178. The number of ether oxygens (including phenoxy) is 2. The summed E-state index contributed by atoms with van der Waals surface area (Å²) in [5.41, 5.74) is 0.418. The van der Waals surface area contributed by atoms with Crippen LogP contribution in [0.2, 0.25) is 0 Å². The normalized spacial score (nSPS) is 16.3. The van der Waals surface area contributed by atoms with Crippen molar-refractivity contribution in [3.63, 3.8) is 0 Å². The van der Waals surface area contributed by atoms with E-state index in [2.05, 4.69) is 5.32 Å². The first-order valence-corrected chi connectivity index (χ1v) is 6.00. The minimum Gasteiger partial charge on any atom is -0.490 e. The highest BCUT2D eigenvalue weighted by atomic mass is 19.1. The summed E-state index contributed by atoms with van der Waals surface area (Å²) in [4.78, 5) is 10.2. The van der Waals surface area contributed by atoms with E-state index < -0.39 is 5.82 Å². The Morgan fingerprint density at radius 1 is 1.44 bits per heavy atom. The summed E-state index contributed by atoms with van der Waals surface area (Å²) in [6.45, 7) is 2.00. The van der Waals surface area contributed by atoms with Gasteiger partial charge in [0.2, 0.25) is 6.41 Å². The fourth-order valence-electron chi connectivity index (χ4n) is 1.90. The zero-order chi connectivity index (χ0) is 12.8. The molecule has 1 aromatic rings. The molecule has 98 valence electrons. The lowest BCUT2D eigenvalue weighted by Crippen LogP contribution is -2.21. The van der Waals surface area contributed by atoms with E-state index in [0.717, 1.165) is 26.1 Å². The van der Waals surface area contributed by atoms with Gasteiger partial charge in [-0.2, -0.15) is 0 Å². The summed E-state index contributed by atoms with van der Waals surface area (Å²) in [6.07, 6.45) is 2.41. The number of hydrogen-bond acceptors (Lipinski definition) is 3. The molecular weight excluding hydrogens is 237 g/mol. The lowest BCUT2D eigenvalue weighted by atomic mass is 10.0. The number of anilines is 1. The van der Waals surface area contributed by atoms with Crippen molar-refractivity contribution < 1.29 is 18.7 Å². The molecule has 1 aromatic carbocycles. The van der Waals surface area contributed by atoms with Crippen molar-refractivity contribution in [1.29, 1.82) is 0 Å². The van der Waals surface area contributed by atoms with E-state index in [9.17, 15) is 9.18 Å². The molecule has 1 N–H and O–H groups in total. The smallest absolute Gasteiger partial charge is 0.211 e. The summed E-state index contributed by atoms with van der Waals surface area (Å²) < 4.78 is 24.3. The van der Waals surface area contributed by atoms with Crippen molar-refractivity contribution in [1.82, 2.24) is 0 Å². The van der Waals surface area contributed by atoms with Crippen LogP contribution in [0.25, 0.3) is 0 Å². The highest BCUT2D eigenvalue weighted by Gasteiger charge is 2.15. The van der Waals surface area contributed by atoms with Crippen LogP contribution in [0.1, 0.15) is 12.8 Å². The van der Waals surface area contributed by atoms with Crippen LogP contribution in [0.15, 0.2) is 18.2 Å². The molecule has 5 heteroatoms. The van der Waals surface area contributed by atoms with Crippen LogP contribution in [0, 0.1) is 11.7 Å². The Bertz CT molecular complexity index is 405. The molecule has 0 atom stereocenters. The number of nitrogens with one attached hydrogen (secondary N) is 1. The van der Waals surface area contributed by atoms with Crippen LogP contribution in [0.4, 0.5) is 10.1 Å². The quantitative estimate of drug-likeness (QED) is 0.818. The minimum atomic E-state index is -0.464. The standard InChI is InChI=1S/C13H16FNO3/c14-12-7-11(15-9-16)1-2-13(12)18-8-10-3-5-17-6-4-10/h1-2,7,9-10H,3-6,8H2,(H,15,16). The predicted molar refractivity (Wildman–Crippen MR) is 65.1 cm³/mol. The van der Waals surface area contributed by atoms with Crippen molar-refractivity contribution in [2.24, 2.45) is 5.92 Å². The van der Waals surface area contributed by atoms with Gasteiger partial charge in [0.25, 0.3) is 0 Å². The first-order valence-electron chi connectivity index (χ1n) is 6.00. The molecule has 0 radical (unpaired) electrons. The van der Waals surface area contributed by atoms with Gasteiger partial charge >= 0.3 is 0 Å². The number of benzene rings is 1. The molecule has 1 heterocycles. The molecule has 0 spiro atoms. The Morgan fingerprint density at radius 2 is 2.22 bits per heavy atom. The van der Waals surface area contributed by atoms with Crippen LogP contribution in [0.3, 0.4) is 0 Å². The first-order chi connectivity index (χ1) is 8.79. The van der Waals surface area contributed by atoms with Crippen molar-refractivity contribution in [2.75, 3.05) is 25.1 Å². The van der Waals surface area contributed by atoms with Crippen molar-refractivity contribution in [3.8, 4) is 5.75 Å². The van der Waals surface area contributed by atoms with E-state index in [1.807, 2.05) is 0 Å². The van der Waals surface area contributed by atoms with Gasteiger partial charge in [0, 0.05) is 25.0 Å². The number of halogens is 1. The van der Waals surface area contributed by atoms with Crippen molar-refractivity contribution >= 4 is 12.1 Å². The molecule has 18 heavy (non-hydrogen) atoms. The number of amides is 1. The van der Waals surface area contributed by atoms with E-state index in [0.29, 0.717) is 24.6 Å². The zero-order valence-electron chi connectivity index (χ0n) is 10.0. The number of rotatable bonds is 5. The average molecular weight is 253 g/mol. The van der Waals surface area contributed by atoms with E-state index in [1.54, 1.807) is 6.07 Å². The Morgan fingerprint density at radius 3 is 2.89 bits per heavy atom. The number of carbonyl (C=O) groups is 1. The lowest BCUT2D eigenvalue weighted by Gasteiger charge is -2.22. The molecule has 1 saturated heterocycles. The molecule has 0 aromatic heterocycles. The molecule has 2 rings (SSSR count). The van der Waals surface area contributed by atoms with E-state index in [-0.39, 0.29) is 5.75 Å². The lowest BCUT2D eigenvalue weighted by molar-refractivity contribution is -0.105. The molecule has 1 fully saturated rings. The molecule has 0 aliphatic carbocycles.